The number of phenols is 1. The van der Waals surface area contributed by atoms with Crippen LogP contribution >= 0.6 is 0 Å². The molecule has 0 aromatic heterocycles. The Hall–Kier alpha value is -3.18. The van der Waals surface area contributed by atoms with Gasteiger partial charge in [-0.1, -0.05) is 26.0 Å². The van der Waals surface area contributed by atoms with Crippen molar-refractivity contribution in [3.63, 3.8) is 0 Å². The van der Waals surface area contributed by atoms with Gasteiger partial charge in [0, 0.05) is 6.42 Å². The lowest BCUT2D eigenvalue weighted by molar-refractivity contribution is -0.145. The smallest absolute Gasteiger partial charge is 0.328 e. The average Bonchev–Trinajstić information content (AvgIpc) is 2.70. The third-order valence-corrected chi connectivity index (χ3v) is 4.56. The van der Waals surface area contributed by atoms with Crippen molar-refractivity contribution >= 4 is 23.7 Å². The molecule has 0 aliphatic carbocycles. The summed E-state index contributed by atoms with van der Waals surface area (Å²) < 4.78 is 0. The molecule has 178 valence electrons. The first-order valence-corrected chi connectivity index (χ1v) is 10.2. The van der Waals surface area contributed by atoms with Gasteiger partial charge >= 0.3 is 5.97 Å². The largest absolute Gasteiger partial charge is 0.508 e. The zero-order valence-corrected chi connectivity index (χ0v) is 18.4. The summed E-state index contributed by atoms with van der Waals surface area (Å²) in [5, 5.41) is 35.3. The molecule has 11 heteroatoms. The van der Waals surface area contributed by atoms with E-state index in [4.69, 9.17) is 5.73 Å². The lowest BCUT2D eigenvalue weighted by Gasteiger charge is -2.23. The molecule has 0 radical (unpaired) electrons. The Balaban J connectivity index is 2.86. The first-order valence-electron chi connectivity index (χ1n) is 10.2. The Morgan fingerprint density at radius 3 is 2.09 bits per heavy atom. The minimum atomic E-state index is -1.57. The van der Waals surface area contributed by atoms with Crippen LogP contribution in [0.5, 0.6) is 5.75 Å². The monoisotopic (exact) mass is 452 g/mol. The van der Waals surface area contributed by atoms with Gasteiger partial charge in [0.2, 0.25) is 17.7 Å². The van der Waals surface area contributed by atoms with E-state index >= 15 is 0 Å². The van der Waals surface area contributed by atoms with Crippen LogP contribution in [0.15, 0.2) is 24.3 Å². The topological polar surface area (TPSA) is 191 Å². The molecule has 3 amide bonds. The molecule has 0 spiro atoms. The molecule has 0 bridgehead atoms. The summed E-state index contributed by atoms with van der Waals surface area (Å²) in [6, 6.07) is 2.33. The molecule has 0 saturated heterocycles. The number of aliphatic hydroxyl groups excluding tert-OH is 1. The summed E-state index contributed by atoms with van der Waals surface area (Å²) in [5.74, 6) is -3.25. The number of amides is 3. The highest BCUT2D eigenvalue weighted by Gasteiger charge is 2.29. The van der Waals surface area contributed by atoms with Crippen molar-refractivity contribution in [1.82, 2.24) is 16.0 Å². The maximum atomic E-state index is 12.7. The molecule has 8 N–H and O–H groups in total. The molecule has 0 aliphatic rings. The predicted molar refractivity (Wildman–Crippen MR) is 115 cm³/mol. The number of carbonyl (C=O) groups is 4. The molecule has 4 atom stereocenters. The predicted octanol–water partition coefficient (Wildman–Crippen LogP) is -1.14. The summed E-state index contributed by atoms with van der Waals surface area (Å²) in [7, 11) is 0. The maximum Gasteiger partial charge on any atom is 0.328 e. The molecule has 11 nitrogen and oxygen atoms in total. The minimum absolute atomic E-state index is 0.0132. The third-order valence-electron chi connectivity index (χ3n) is 4.56. The van der Waals surface area contributed by atoms with Crippen LogP contribution in [0.1, 0.15) is 32.8 Å². The number of aliphatic hydroxyl groups is 1. The van der Waals surface area contributed by atoms with Gasteiger partial charge in [-0.05, 0) is 37.0 Å². The van der Waals surface area contributed by atoms with Crippen LogP contribution in [0.3, 0.4) is 0 Å². The fourth-order valence-electron chi connectivity index (χ4n) is 2.88. The van der Waals surface area contributed by atoms with Crippen LogP contribution in [0.25, 0.3) is 0 Å². The number of nitrogens with two attached hydrogens (primary N) is 1. The zero-order chi connectivity index (χ0) is 24.4. The number of carboxylic acid groups (broad SMARTS) is 1. The number of aromatic hydroxyl groups is 1. The van der Waals surface area contributed by atoms with Crippen molar-refractivity contribution < 1.29 is 34.5 Å². The van der Waals surface area contributed by atoms with Crippen LogP contribution in [-0.4, -0.2) is 69.8 Å². The molecule has 32 heavy (non-hydrogen) atoms. The molecule has 1 rings (SSSR count). The summed E-state index contributed by atoms with van der Waals surface area (Å²) >= 11 is 0. The van der Waals surface area contributed by atoms with Crippen LogP contribution in [0.2, 0.25) is 0 Å². The van der Waals surface area contributed by atoms with Crippen LogP contribution in [-0.2, 0) is 25.6 Å². The number of nitrogens with one attached hydrogen (secondary N) is 3. The van der Waals surface area contributed by atoms with Crippen LogP contribution in [0.4, 0.5) is 0 Å². The van der Waals surface area contributed by atoms with Crippen molar-refractivity contribution in [2.45, 2.75) is 57.8 Å². The number of carbonyl (C=O) groups excluding carboxylic acids is 3. The van der Waals surface area contributed by atoms with Crippen molar-refractivity contribution in [2.75, 3.05) is 6.54 Å². The lowest BCUT2D eigenvalue weighted by Crippen LogP contribution is -2.56. The molecule has 1 aromatic rings. The average molecular weight is 453 g/mol. The van der Waals surface area contributed by atoms with Gasteiger partial charge in [0.25, 0.3) is 0 Å². The Morgan fingerprint density at radius 1 is 1.00 bits per heavy atom. The normalized spacial score (nSPS) is 14.7. The van der Waals surface area contributed by atoms with Gasteiger partial charge in [0.1, 0.15) is 11.8 Å². The van der Waals surface area contributed by atoms with Crippen molar-refractivity contribution in [3.8, 4) is 5.75 Å². The molecular weight excluding hydrogens is 420 g/mol. The SMILES string of the molecule is CC(C)CC(N)C(=O)NCC(=O)NC(Cc1ccc(O)cc1)C(=O)NC(C(=O)O)C(C)O. The zero-order valence-electron chi connectivity index (χ0n) is 18.4. The van der Waals surface area contributed by atoms with Crippen molar-refractivity contribution in [2.24, 2.45) is 11.7 Å². The molecule has 0 saturated carbocycles. The number of phenolic OH excluding ortho intramolecular Hbond substituents is 1. The van der Waals surface area contributed by atoms with Crippen LogP contribution in [0, 0.1) is 5.92 Å². The molecule has 4 unspecified atom stereocenters. The van der Waals surface area contributed by atoms with Gasteiger partial charge < -0.3 is 37.0 Å². The number of hydrogen-bond acceptors (Lipinski definition) is 7. The van der Waals surface area contributed by atoms with Gasteiger partial charge in [-0.2, -0.15) is 0 Å². The van der Waals surface area contributed by atoms with Gasteiger partial charge in [-0.3, -0.25) is 14.4 Å². The quantitative estimate of drug-likeness (QED) is 0.207. The molecule has 0 heterocycles. The molecule has 0 aliphatic heterocycles. The molecule has 0 fully saturated rings. The van der Waals surface area contributed by atoms with Gasteiger partial charge in [0.05, 0.1) is 18.7 Å². The van der Waals surface area contributed by atoms with E-state index in [1.165, 1.54) is 31.2 Å². The fourth-order valence-corrected chi connectivity index (χ4v) is 2.88. The Kier molecular flexibility index (Phi) is 10.6. The van der Waals surface area contributed by atoms with Gasteiger partial charge in [-0.15, -0.1) is 0 Å². The van der Waals surface area contributed by atoms with E-state index in [0.29, 0.717) is 12.0 Å². The summed E-state index contributed by atoms with van der Waals surface area (Å²) in [6.07, 6.45) is -0.955. The van der Waals surface area contributed by atoms with E-state index in [2.05, 4.69) is 16.0 Å². The summed E-state index contributed by atoms with van der Waals surface area (Å²) in [4.78, 5) is 48.3. The Labute approximate surface area is 186 Å². The number of benzene rings is 1. The second kappa shape index (κ2) is 12.6. The van der Waals surface area contributed by atoms with E-state index in [0.717, 1.165) is 0 Å². The second-order valence-electron chi connectivity index (χ2n) is 8.01. The van der Waals surface area contributed by atoms with E-state index in [1.807, 2.05) is 13.8 Å². The lowest BCUT2D eigenvalue weighted by atomic mass is 10.0. The van der Waals surface area contributed by atoms with E-state index in [9.17, 15) is 34.5 Å². The summed E-state index contributed by atoms with van der Waals surface area (Å²) in [6.45, 7) is 4.60. The minimum Gasteiger partial charge on any atom is -0.508 e. The van der Waals surface area contributed by atoms with E-state index in [1.54, 1.807) is 0 Å². The van der Waals surface area contributed by atoms with Crippen LogP contribution < -0.4 is 21.7 Å². The van der Waals surface area contributed by atoms with Gasteiger partial charge in [-0.25, -0.2) is 4.79 Å². The maximum absolute atomic E-state index is 12.7. The number of carboxylic acids is 1. The standard InChI is InChI=1S/C21H32N4O7/c1-11(2)8-15(22)19(29)23-10-17(28)24-16(9-13-4-6-14(27)7-5-13)20(30)25-18(12(3)26)21(31)32/h4-7,11-12,15-16,18,26-27H,8-10,22H2,1-3H3,(H,23,29)(H,24,28)(H,25,30)(H,31,32). The second-order valence-corrected chi connectivity index (χ2v) is 8.01. The number of hydrogen-bond donors (Lipinski definition) is 7. The molecular formula is C21H32N4O7. The first-order chi connectivity index (χ1) is 14.9. The van der Waals surface area contributed by atoms with Crippen molar-refractivity contribution in [3.05, 3.63) is 29.8 Å². The highest BCUT2D eigenvalue weighted by Crippen LogP contribution is 2.12. The third kappa shape index (κ3) is 9.31. The Morgan fingerprint density at radius 2 is 1.59 bits per heavy atom. The number of aliphatic carboxylic acids is 1. The molecule has 1 aromatic carbocycles. The van der Waals surface area contributed by atoms with Gasteiger partial charge in [0.15, 0.2) is 6.04 Å². The Bertz CT molecular complexity index is 796. The highest BCUT2D eigenvalue weighted by molar-refractivity contribution is 5.92. The highest BCUT2D eigenvalue weighted by atomic mass is 16.4. The fraction of sp³-hybridized carbons (Fsp3) is 0.524. The van der Waals surface area contributed by atoms with Crippen molar-refractivity contribution in [1.29, 1.82) is 0 Å². The number of rotatable bonds is 12. The summed E-state index contributed by atoms with van der Waals surface area (Å²) in [5.41, 5.74) is 6.35. The first kappa shape index (κ1) is 26.9. The van der Waals surface area contributed by atoms with E-state index in [-0.39, 0.29) is 18.1 Å². The van der Waals surface area contributed by atoms with E-state index < -0.39 is 54.5 Å².